The van der Waals surface area contributed by atoms with Crippen LogP contribution in [0.4, 0.5) is 0 Å². The second-order valence-electron chi connectivity index (χ2n) is 10.4. The fraction of sp³-hybridized carbons (Fsp3) is 0.333. The third kappa shape index (κ3) is 5.97. The molecule has 4 aromatic rings. The van der Waals surface area contributed by atoms with E-state index in [1.807, 2.05) is 76.2 Å². The molecular formula is C33H34ClNO6. The average Bonchev–Trinajstić information content (AvgIpc) is 3.23. The van der Waals surface area contributed by atoms with Crippen molar-refractivity contribution in [3.63, 3.8) is 0 Å². The van der Waals surface area contributed by atoms with Gasteiger partial charge in [0, 0.05) is 18.2 Å². The lowest BCUT2D eigenvalue weighted by Gasteiger charge is -2.26. The third-order valence-corrected chi connectivity index (χ3v) is 7.47. The van der Waals surface area contributed by atoms with E-state index >= 15 is 0 Å². The van der Waals surface area contributed by atoms with Crippen molar-refractivity contribution >= 4 is 28.5 Å². The number of hydrogen-bond donors (Lipinski definition) is 0. The van der Waals surface area contributed by atoms with Gasteiger partial charge in [0.2, 0.25) is 5.76 Å². The van der Waals surface area contributed by atoms with Gasteiger partial charge in [-0.05, 0) is 75.1 Å². The molecule has 7 nitrogen and oxygen atoms in total. The van der Waals surface area contributed by atoms with Crippen LogP contribution < -0.4 is 14.9 Å². The van der Waals surface area contributed by atoms with Gasteiger partial charge < -0.3 is 23.5 Å². The van der Waals surface area contributed by atoms with Crippen molar-refractivity contribution in [1.29, 1.82) is 0 Å². The Morgan fingerprint density at radius 3 is 2.51 bits per heavy atom. The van der Waals surface area contributed by atoms with Crippen LogP contribution in [0.25, 0.3) is 11.0 Å². The Bertz CT molecular complexity index is 1610. The smallest absolute Gasteiger partial charge is 0.290 e. The molecule has 1 amide bonds. The van der Waals surface area contributed by atoms with E-state index in [2.05, 4.69) is 0 Å². The number of aryl methyl sites for hydroxylation is 1. The van der Waals surface area contributed by atoms with Crippen LogP contribution in [0.3, 0.4) is 0 Å². The van der Waals surface area contributed by atoms with Gasteiger partial charge in [0.1, 0.15) is 12.2 Å². The van der Waals surface area contributed by atoms with E-state index in [0.29, 0.717) is 65.8 Å². The standard InChI is InChI=1S/C33H34ClNO6/c1-5-38-28-17-23(12-13-26(28)40-19-22-10-7-6-8-11-22)30-29-31(36)24-18-25(34)21(4)16-27(24)41-32(29)33(37)35(30)14-9-15-39-20(2)3/h6-8,10-13,16-18,20,30H,5,9,14-15,19H2,1-4H3. The Labute approximate surface area is 244 Å². The molecule has 41 heavy (non-hydrogen) atoms. The van der Waals surface area contributed by atoms with Gasteiger partial charge in [-0.25, -0.2) is 0 Å². The zero-order chi connectivity index (χ0) is 29.1. The Hall–Kier alpha value is -3.81. The van der Waals surface area contributed by atoms with Crippen molar-refractivity contribution in [2.45, 2.75) is 52.9 Å². The van der Waals surface area contributed by atoms with E-state index in [4.69, 9.17) is 30.2 Å². The minimum Gasteiger partial charge on any atom is -0.490 e. The Morgan fingerprint density at radius 2 is 1.78 bits per heavy atom. The molecule has 1 unspecified atom stereocenters. The van der Waals surface area contributed by atoms with Crippen LogP contribution in [0.1, 0.15) is 66.0 Å². The monoisotopic (exact) mass is 575 g/mol. The quantitative estimate of drug-likeness (QED) is 0.178. The maximum absolute atomic E-state index is 13.9. The highest BCUT2D eigenvalue weighted by Gasteiger charge is 2.42. The second kappa shape index (κ2) is 12.4. The molecule has 1 aliphatic heterocycles. The average molecular weight is 576 g/mol. The third-order valence-electron chi connectivity index (χ3n) is 7.06. The first-order chi connectivity index (χ1) is 19.8. The number of carbonyl (C=O) groups is 1. The fourth-order valence-electron chi connectivity index (χ4n) is 5.09. The predicted octanol–water partition coefficient (Wildman–Crippen LogP) is 7.09. The summed E-state index contributed by atoms with van der Waals surface area (Å²) in [5.74, 6) is 0.840. The first-order valence-corrected chi connectivity index (χ1v) is 14.3. The molecule has 0 fully saturated rings. The molecule has 8 heteroatoms. The molecule has 0 N–H and O–H groups in total. The number of ether oxygens (including phenoxy) is 3. The van der Waals surface area contributed by atoms with E-state index in [-0.39, 0.29) is 23.2 Å². The Morgan fingerprint density at radius 1 is 1.00 bits per heavy atom. The summed E-state index contributed by atoms with van der Waals surface area (Å²) in [5, 5.41) is 0.807. The van der Waals surface area contributed by atoms with E-state index < -0.39 is 6.04 Å². The van der Waals surface area contributed by atoms with Crippen LogP contribution in [-0.4, -0.2) is 36.7 Å². The SMILES string of the molecule is CCOc1cc(C2c3c(oc4cc(C)c(Cl)cc4c3=O)C(=O)N2CCCOC(C)C)ccc1OCc1ccccc1. The summed E-state index contributed by atoms with van der Waals surface area (Å²) in [6.45, 7) is 9.34. The van der Waals surface area contributed by atoms with Crippen molar-refractivity contribution in [3.8, 4) is 11.5 Å². The van der Waals surface area contributed by atoms with Crippen molar-refractivity contribution < 1.29 is 23.4 Å². The molecule has 0 aliphatic carbocycles. The molecular weight excluding hydrogens is 542 g/mol. The van der Waals surface area contributed by atoms with Gasteiger partial charge in [0.15, 0.2) is 16.9 Å². The number of fused-ring (bicyclic) bond motifs is 2. The van der Waals surface area contributed by atoms with Crippen molar-refractivity contribution in [1.82, 2.24) is 4.90 Å². The van der Waals surface area contributed by atoms with Gasteiger partial charge in [0.05, 0.1) is 29.7 Å². The molecule has 5 rings (SSSR count). The largest absolute Gasteiger partial charge is 0.490 e. The van der Waals surface area contributed by atoms with Crippen molar-refractivity contribution in [2.24, 2.45) is 0 Å². The first kappa shape index (κ1) is 28.7. The predicted molar refractivity (Wildman–Crippen MR) is 159 cm³/mol. The van der Waals surface area contributed by atoms with Gasteiger partial charge in [-0.15, -0.1) is 0 Å². The molecule has 2 heterocycles. The zero-order valence-electron chi connectivity index (χ0n) is 23.7. The van der Waals surface area contributed by atoms with Crippen LogP contribution in [0.15, 0.2) is 69.9 Å². The second-order valence-corrected chi connectivity index (χ2v) is 10.8. The molecule has 1 atom stereocenters. The van der Waals surface area contributed by atoms with Crippen LogP contribution in [-0.2, 0) is 11.3 Å². The topological polar surface area (TPSA) is 78.2 Å². The number of amides is 1. The first-order valence-electron chi connectivity index (χ1n) is 13.9. The summed E-state index contributed by atoms with van der Waals surface area (Å²) < 4.78 is 23.9. The van der Waals surface area contributed by atoms with Crippen LogP contribution in [0.2, 0.25) is 5.02 Å². The lowest BCUT2D eigenvalue weighted by atomic mass is 9.97. The summed E-state index contributed by atoms with van der Waals surface area (Å²) in [6.07, 6.45) is 0.680. The number of rotatable bonds is 11. The number of benzene rings is 3. The number of carbonyl (C=O) groups excluding carboxylic acids is 1. The van der Waals surface area contributed by atoms with E-state index in [9.17, 15) is 9.59 Å². The number of halogens is 1. The van der Waals surface area contributed by atoms with Gasteiger partial charge in [-0.3, -0.25) is 9.59 Å². The van der Waals surface area contributed by atoms with Crippen LogP contribution in [0.5, 0.6) is 11.5 Å². The maximum Gasteiger partial charge on any atom is 0.290 e. The fourth-order valence-corrected chi connectivity index (χ4v) is 5.25. The van der Waals surface area contributed by atoms with E-state index in [1.54, 1.807) is 17.0 Å². The number of nitrogens with zero attached hydrogens (tertiary/aromatic N) is 1. The molecule has 1 aliphatic rings. The Balaban J connectivity index is 1.57. The highest BCUT2D eigenvalue weighted by Crippen LogP contribution is 2.41. The van der Waals surface area contributed by atoms with E-state index in [0.717, 1.165) is 16.7 Å². The molecule has 0 bridgehead atoms. The van der Waals surface area contributed by atoms with Crippen LogP contribution in [0, 0.1) is 6.92 Å². The molecule has 0 saturated heterocycles. The van der Waals surface area contributed by atoms with Crippen LogP contribution >= 0.6 is 11.6 Å². The summed E-state index contributed by atoms with van der Waals surface area (Å²) in [5.41, 5.74) is 2.88. The van der Waals surface area contributed by atoms with Crippen molar-refractivity contribution in [2.75, 3.05) is 19.8 Å². The summed E-state index contributed by atoms with van der Waals surface area (Å²) in [7, 11) is 0. The summed E-state index contributed by atoms with van der Waals surface area (Å²) in [6, 6.07) is 18.1. The van der Waals surface area contributed by atoms with Gasteiger partial charge in [0.25, 0.3) is 5.91 Å². The lowest BCUT2D eigenvalue weighted by molar-refractivity contribution is 0.0593. The van der Waals surface area contributed by atoms with Gasteiger partial charge in [-0.1, -0.05) is 48.0 Å². The van der Waals surface area contributed by atoms with Gasteiger partial charge in [-0.2, -0.15) is 0 Å². The molecule has 0 radical (unpaired) electrons. The molecule has 1 aromatic heterocycles. The minimum absolute atomic E-state index is 0.0568. The number of hydrogen-bond acceptors (Lipinski definition) is 6. The minimum atomic E-state index is -0.667. The molecule has 0 saturated carbocycles. The normalized spacial score (nSPS) is 14.6. The summed E-state index contributed by atoms with van der Waals surface area (Å²) in [4.78, 5) is 29.4. The van der Waals surface area contributed by atoms with Gasteiger partial charge >= 0.3 is 0 Å². The molecule has 0 spiro atoms. The van der Waals surface area contributed by atoms with Crippen molar-refractivity contribution in [3.05, 3.63) is 104 Å². The Kier molecular flexibility index (Phi) is 8.66. The van der Waals surface area contributed by atoms with E-state index in [1.165, 1.54) is 0 Å². The zero-order valence-corrected chi connectivity index (χ0v) is 24.5. The maximum atomic E-state index is 13.9. The lowest BCUT2D eigenvalue weighted by Crippen LogP contribution is -2.31. The summed E-state index contributed by atoms with van der Waals surface area (Å²) >= 11 is 6.38. The molecule has 214 valence electrons. The highest BCUT2D eigenvalue weighted by molar-refractivity contribution is 6.32. The molecule has 3 aromatic carbocycles. The highest BCUT2D eigenvalue weighted by atomic mass is 35.5.